The van der Waals surface area contributed by atoms with Crippen LogP contribution in [0.2, 0.25) is 0 Å². The maximum atomic E-state index is 13.1. The summed E-state index contributed by atoms with van der Waals surface area (Å²) >= 11 is 2.54. The zero-order valence-electron chi connectivity index (χ0n) is 17.0. The van der Waals surface area contributed by atoms with Crippen LogP contribution in [0.25, 0.3) is 0 Å². The number of carboxylic acids is 1. The molecule has 2 aromatic carbocycles. The highest BCUT2D eigenvalue weighted by atomic mass is 32.2. The molecule has 0 aromatic heterocycles. The van der Waals surface area contributed by atoms with E-state index in [-0.39, 0.29) is 17.8 Å². The number of nitrogens with zero attached hydrogens (tertiary/aromatic N) is 2. The summed E-state index contributed by atoms with van der Waals surface area (Å²) in [5, 5.41) is 31.6. The Morgan fingerprint density at radius 2 is 1.91 bits per heavy atom. The van der Waals surface area contributed by atoms with Gasteiger partial charge in [0.2, 0.25) is 5.91 Å². The summed E-state index contributed by atoms with van der Waals surface area (Å²) in [5.74, 6) is -2.41. The van der Waals surface area contributed by atoms with Crippen molar-refractivity contribution in [2.75, 3.05) is 0 Å². The van der Waals surface area contributed by atoms with Crippen LogP contribution in [-0.2, 0) is 16.0 Å². The lowest BCUT2D eigenvalue weighted by Crippen LogP contribution is -2.71. The average molecular weight is 473 g/mol. The van der Waals surface area contributed by atoms with Crippen molar-refractivity contribution in [3.8, 4) is 0 Å². The van der Waals surface area contributed by atoms with Crippen molar-refractivity contribution in [3.63, 3.8) is 0 Å². The summed E-state index contributed by atoms with van der Waals surface area (Å²) in [6.45, 7) is 1.77. The number of hydrogen-bond acceptors (Lipinski definition) is 7. The first-order chi connectivity index (χ1) is 15.3. The summed E-state index contributed by atoms with van der Waals surface area (Å²) in [4.78, 5) is 36.8. The molecule has 32 heavy (non-hydrogen) atoms. The molecule has 0 saturated carbocycles. The van der Waals surface area contributed by atoms with Gasteiger partial charge < -0.3 is 10.2 Å². The monoisotopic (exact) mass is 472 g/mol. The van der Waals surface area contributed by atoms with Crippen LogP contribution in [0.1, 0.15) is 18.9 Å². The van der Waals surface area contributed by atoms with Crippen molar-refractivity contribution >= 4 is 41.1 Å². The Bertz CT molecular complexity index is 1110. The number of carboxylic acid groups (broad SMARTS) is 1. The van der Waals surface area contributed by atoms with Crippen molar-refractivity contribution in [1.82, 2.24) is 4.90 Å². The number of nitro benzene ring substituents is 1. The third-order valence-electron chi connectivity index (χ3n) is 5.60. The molecular formula is C22H20N2O6S2. The summed E-state index contributed by atoms with van der Waals surface area (Å²) in [6.07, 6.45) is -0.338. The summed E-state index contributed by atoms with van der Waals surface area (Å²) in [6, 6.07) is 15.2. The summed E-state index contributed by atoms with van der Waals surface area (Å²) in [7, 11) is 0. The van der Waals surface area contributed by atoms with E-state index in [1.165, 1.54) is 40.6 Å². The fourth-order valence-electron chi connectivity index (χ4n) is 4.10. The molecule has 0 spiro atoms. The van der Waals surface area contributed by atoms with Crippen LogP contribution in [-0.4, -0.2) is 42.9 Å². The normalized spacial score (nSPS) is 23.0. The van der Waals surface area contributed by atoms with E-state index in [1.54, 1.807) is 19.1 Å². The van der Waals surface area contributed by atoms with E-state index in [9.17, 15) is 29.9 Å². The molecular weight excluding hydrogens is 452 g/mol. The molecule has 0 unspecified atom stereocenters. The van der Waals surface area contributed by atoms with E-state index >= 15 is 0 Å². The highest BCUT2D eigenvalue weighted by Crippen LogP contribution is 2.63. The van der Waals surface area contributed by atoms with Crippen molar-refractivity contribution in [2.24, 2.45) is 5.92 Å². The van der Waals surface area contributed by atoms with Crippen molar-refractivity contribution in [1.29, 1.82) is 0 Å². The smallest absolute Gasteiger partial charge is 0.354 e. The number of carbonyl (C=O) groups excluding carboxylic acids is 1. The number of non-ortho nitro benzene ring substituents is 1. The van der Waals surface area contributed by atoms with E-state index in [2.05, 4.69) is 0 Å². The van der Waals surface area contributed by atoms with Gasteiger partial charge in [0.15, 0.2) is 5.70 Å². The molecule has 3 atom stereocenters. The molecule has 10 heteroatoms. The molecule has 0 bridgehead atoms. The lowest BCUT2D eigenvalue weighted by atomic mass is 9.77. The number of thioether (sulfide) groups is 2. The number of aliphatic hydroxyl groups excluding tert-OH is 1. The quantitative estimate of drug-likeness (QED) is 0.338. The van der Waals surface area contributed by atoms with E-state index in [0.29, 0.717) is 16.2 Å². The van der Waals surface area contributed by atoms with Gasteiger partial charge in [-0.15, -0.1) is 0 Å². The Hall–Kier alpha value is -2.82. The van der Waals surface area contributed by atoms with E-state index in [0.717, 1.165) is 4.90 Å². The molecule has 2 N–H and O–H groups in total. The average Bonchev–Trinajstić information content (AvgIpc) is 3.04. The molecule has 1 amide bonds. The highest BCUT2D eigenvalue weighted by molar-refractivity contribution is 8.23. The number of benzene rings is 2. The molecule has 1 fully saturated rings. The first-order valence-electron chi connectivity index (χ1n) is 9.93. The fraction of sp³-hybridized carbons (Fsp3) is 0.273. The van der Waals surface area contributed by atoms with Crippen LogP contribution in [0.3, 0.4) is 0 Å². The number of β-lactam (4-membered cyclic amide) rings is 1. The third-order valence-corrected chi connectivity index (χ3v) is 8.30. The number of aliphatic hydroxyl groups is 1. The number of rotatable bonds is 8. The number of hydrogen-bond donors (Lipinski definition) is 2. The Morgan fingerprint density at radius 3 is 2.47 bits per heavy atom. The number of amides is 1. The summed E-state index contributed by atoms with van der Waals surface area (Å²) < 4.78 is 0.477. The SMILES string of the molecule is CC[C@H](O)[C@@H]1C(=O)N2C(C(=O)O)=C(Sc3ccccc3)S[C@]12Cc1ccc([N+](=O)[O-])cc1. The summed E-state index contributed by atoms with van der Waals surface area (Å²) in [5.41, 5.74) is 0.571. The standard InChI is InChI=1S/C22H20N2O6S2/c1-2-16(25)17-19(26)23-18(20(27)28)21(31-15-6-4-3-5-7-15)32-22(17,23)12-13-8-10-14(11-9-13)24(29)30/h3-11,16-17,25H,2,12H2,1H3,(H,27,28)/t16-,17+,22+/m0/s1. The van der Waals surface area contributed by atoms with Crippen molar-refractivity contribution < 1.29 is 24.7 Å². The Balaban J connectivity index is 1.73. The first-order valence-corrected chi connectivity index (χ1v) is 11.6. The predicted octanol–water partition coefficient (Wildman–Crippen LogP) is 3.86. The van der Waals surface area contributed by atoms with Crippen LogP contribution in [0.4, 0.5) is 5.69 Å². The van der Waals surface area contributed by atoms with Crippen molar-refractivity contribution in [3.05, 3.63) is 80.2 Å². The van der Waals surface area contributed by atoms with Gasteiger partial charge in [-0.05, 0) is 24.1 Å². The molecule has 1 saturated heterocycles. The molecule has 0 radical (unpaired) electrons. The van der Waals surface area contributed by atoms with Gasteiger partial charge in [-0.1, -0.05) is 60.8 Å². The van der Waals surface area contributed by atoms with Gasteiger partial charge in [0, 0.05) is 23.4 Å². The predicted molar refractivity (Wildman–Crippen MR) is 121 cm³/mol. The number of nitro groups is 1. The Morgan fingerprint density at radius 1 is 1.25 bits per heavy atom. The van der Waals surface area contributed by atoms with Crippen LogP contribution in [0, 0.1) is 16.0 Å². The third kappa shape index (κ3) is 3.68. The Labute approximate surface area is 192 Å². The minimum absolute atomic E-state index is 0.0540. The lowest BCUT2D eigenvalue weighted by Gasteiger charge is -2.54. The second kappa shape index (κ2) is 8.61. The van der Waals surface area contributed by atoms with Gasteiger partial charge in [0.25, 0.3) is 5.69 Å². The zero-order valence-corrected chi connectivity index (χ0v) is 18.6. The van der Waals surface area contributed by atoms with Crippen LogP contribution in [0.5, 0.6) is 0 Å². The van der Waals surface area contributed by atoms with Crippen LogP contribution in [0.15, 0.2) is 69.4 Å². The molecule has 2 aromatic rings. The second-order valence-electron chi connectivity index (χ2n) is 7.53. The van der Waals surface area contributed by atoms with Gasteiger partial charge in [0.05, 0.1) is 21.2 Å². The van der Waals surface area contributed by atoms with E-state index in [1.807, 2.05) is 30.3 Å². The minimum Gasteiger partial charge on any atom is -0.477 e. The van der Waals surface area contributed by atoms with Crippen LogP contribution < -0.4 is 0 Å². The number of carbonyl (C=O) groups is 2. The highest BCUT2D eigenvalue weighted by Gasteiger charge is 2.68. The molecule has 2 heterocycles. The minimum atomic E-state index is -1.21. The molecule has 8 nitrogen and oxygen atoms in total. The largest absolute Gasteiger partial charge is 0.477 e. The maximum absolute atomic E-state index is 13.1. The second-order valence-corrected chi connectivity index (χ2v) is 10.2. The van der Waals surface area contributed by atoms with Gasteiger partial charge in [-0.2, -0.15) is 0 Å². The van der Waals surface area contributed by atoms with Gasteiger partial charge in [0.1, 0.15) is 4.87 Å². The number of aliphatic carboxylic acids is 1. The van der Waals surface area contributed by atoms with Gasteiger partial charge in [-0.25, -0.2) is 4.79 Å². The maximum Gasteiger partial charge on any atom is 0.354 e. The molecule has 2 aliphatic heterocycles. The molecule has 4 rings (SSSR count). The zero-order chi connectivity index (χ0) is 23.0. The first kappa shape index (κ1) is 22.4. The molecule has 0 aliphatic carbocycles. The van der Waals surface area contributed by atoms with E-state index < -0.39 is 33.7 Å². The van der Waals surface area contributed by atoms with Gasteiger partial charge in [-0.3, -0.25) is 19.8 Å². The van der Waals surface area contributed by atoms with Crippen molar-refractivity contribution in [2.45, 2.75) is 35.6 Å². The molecule has 166 valence electrons. The fourth-order valence-corrected chi connectivity index (χ4v) is 7.27. The van der Waals surface area contributed by atoms with Gasteiger partial charge >= 0.3 is 5.97 Å². The van der Waals surface area contributed by atoms with E-state index in [4.69, 9.17) is 0 Å². The van der Waals surface area contributed by atoms with Crippen LogP contribution >= 0.6 is 23.5 Å². The Kier molecular flexibility index (Phi) is 6.02. The lowest BCUT2D eigenvalue weighted by molar-refractivity contribution is -0.384. The number of fused-ring (bicyclic) bond motifs is 1. The topological polar surface area (TPSA) is 121 Å². The molecule has 2 aliphatic rings.